The molecule has 0 atom stereocenters. The summed E-state index contributed by atoms with van der Waals surface area (Å²) < 4.78 is 4.03. The topological polar surface area (TPSA) is 51.4 Å². The summed E-state index contributed by atoms with van der Waals surface area (Å²) in [6.45, 7) is 13.7. The molecule has 0 unspecified atom stereocenters. The number of hydrogen-bond acceptors (Lipinski definition) is 2. The first-order valence-corrected chi connectivity index (χ1v) is 18.1. The van der Waals surface area contributed by atoms with E-state index < -0.39 is 0 Å². The summed E-state index contributed by atoms with van der Waals surface area (Å²) >= 11 is 0. The molecule has 0 amide bonds. The lowest BCUT2D eigenvalue weighted by molar-refractivity contribution is 0.590. The van der Waals surface area contributed by atoms with E-state index >= 15 is 0 Å². The van der Waals surface area contributed by atoms with Crippen LogP contribution in [0.5, 0.6) is 0 Å². The molecule has 256 valence electrons. The zero-order valence-electron chi connectivity index (χ0n) is 30.9. The molecule has 5 heteroatoms. The second kappa shape index (κ2) is 11.5. The number of aromatic amines is 1. The van der Waals surface area contributed by atoms with Crippen molar-refractivity contribution < 1.29 is 0 Å². The van der Waals surface area contributed by atoms with Crippen molar-refractivity contribution in [3.8, 4) is 39.2 Å². The number of rotatable bonds is 4. The maximum atomic E-state index is 5.54. The van der Waals surface area contributed by atoms with Crippen LogP contribution < -0.4 is 0 Å². The average molecular weight is 678 g/mol. The Morgan fingerprint density at radius 2 is 1.29 bits per heavy atom. The molecule has 0 radical (unpaired) electrons. The largest absolute Gasteiger partial charge is 0.354 e. The average Bonchev–Trinajstić information content (AvgIpc) is 3.83. The van der Waals surface area contributed by atoms with Crippen molar-refractivity contribution in [2.75, 3.05) is 0 Å². The van der Waals surface area contributed by atoms with Crippen molar-refractivity contribution in [1.29, 1.82) is 0 Å². The molecular weight excluding hydrogens is 635 g/mol. The molecule has 52 heavy (non-hydrogen) atoms. The number of hydrogen-bond donors (Lipinski definition) is 1. The van der Waals surface area contributed by atoms with Crippen molar-refractivity contribution in [3.63, 3.8) is 0 Å². The summed E-state index contributed by atoms with van der Waals surface area (Å²) in [4.78, 5) is 3.84. The monoisotopic (exact) mass is 677 g/mol. The van der Waals surface area contributed by atoms with Crippen LogP contribution in [-0.2, 0) is 17.9 Å². The van der Waals surface area contributed by atoms with E-state index in [2.05, 4.69) is 179 Å². The van der Waals surface area contributed by atoms with Gasteiger partial charge in [0.15, 0.2) is 0 Å². The van der Waals surface area contributed by atoms with Gasteiger partial charge in [-0.15, -0.1) is 0 Å². The standard InChI is InChI=1S/C47H43N5/c1-46(2,3)33-20-21-41-38(25-33)39-26-34(47(4,5)6)27-40(44(39)48-41)45-37-17-11-12-19-42(37)52(50-45)35-23-31(29-14-9-8-10-15-29)22-32(24-35)36-18-13-16-30-28-51(7)49-43(30)36/h8-28,48H,1-7H3. The SMILES string of the molecule is Cn1cc2cccc(-c3cc(-c4ccccc4)cc(-n4nc(-c5cc(C(C)(C)C)cc6c5[nH]c5ccc(C(C)(C)C)cc56)c5ccccc54)c3)c2n1. The Morgan fingerprint density at radius 3 is 2.08 bits per heavy atom. The summed E-state index contributed by atoms with van der Waals surface area (Å²) in [6.07, 6.45) is 2.08. The van der Waals surface area contributed by atoms with E-state index in [-0.39, 0.29) is 10.8 Å². The second-order valence-corrected chi connectivity index (χ2v) is 16.3. The third kappa shape index (κ3) is 5.31. The molecule has 3 heterocycles. The molecule has 5 nitrogen and oxygen atoms in total. The highest BCUT2D eigenvalue weighted by atomic mass is 15.3. The highest BCUT2D eigenvalue weighted by Crippen LogP contribution is 2.42. The van der Waals surface area contributed by atoms with Crippen LogP contribution in [0.4, 0.5) is 0 Å². The molecule has 0 aliphatic heterocycles. The van der Waals surface area contributed by atoms with Crippen LogP contribution in [0.15, 0.2) is 128 Å². The molecule has 0 saturated carbocycles. The van der Waals surface area contributed by atoms with Crippen molar-refractivity contribution >= 4 is 43.6 Å². The lowest BCUT2D eigenvalue weighted by Gasteiger charge is -2.21. The fraction of sp³-hybridized carbons (Fsp3) is 0.191. The summed E-state index contributed by atoms with van der Waals surface area (Å²) in [6, 6.07) is 44.1. The molecule has 3 aromatic heterocycles. The zero-order valence-corrected chi connectivity index (χ0v) is 30.9. The minimum absolute atomic E-state index is 0.0481. The van der Waals surface area contributed by atoms with E-state index in [4.69, 9.17) is 10.2 Å². The van der Waals surface area contributed by atoms with Crippen molar-refractivity contribution in [2.24, 2.45) is 7.05 Å². The van der Waals surface area contributed by atoms with E-state index in [0.717, 1.165) is 72.0 Å². The third-order valence-corrected chi connectivity index (χ3v) is 10.5. The molecular formula is C47H43N5. The number of para-hydroxylation sites is 1. The van der Waals surface area contributed by atoms with Crippen molar-refractivity contribution in [1.82, 2.24) is 24.5 Å². The van der Waals surface area contributed by atoms with Gasteiger partial charge in [0.25, 0.3) is 0 Å². The summed E-state index contributed by atoms with van der Waals surface area (Å²) in [5.74, 6) is 0. The quantitative estimate of drug-likeness (QED) is 0.202. The summed E-state index contributed by atoms with van der Waals surface area (Å²) in [7, 11) is 1.98. The van der Waals surface area contributed by atoms with Crippen LogP contribution in [-0.4, -0.2) is 24.5 Å². The van der Waals surface area contributed by atoms with Gasteiger partial charge in [-0.3, -0.25) is 4.68 Å². The number of aromatic nitrogens is 5. The highest BCUT2D eigenvalue weighted by Gasteiger charge is 2.24. The number of benzene rings is 6. The maximum Gasteiger partial charge on any atom is 0.103 e. The molecule has 0 saturated heterocycles. The Labute approximate surface area is 304 Å². The molecule has 0 fully saturated rings. The first kappa shape index (κ1) is 32.0. The number of nitrogens with zero attached hydrogens (tertiary/aromatic N) is 4. The molecule has 9 rings (SSSR count). The predicted molar refractivity (Wildman–Crippen MR) is 218 cm³/mol. The molecule has 6 aromatic carbocycles. The number of fused-ring (bicyclic) bond motifs is 5. The van der Waals surface area contributed by atoms with Gasteiger partial charge in [0.2, 0.25) is 0 Å². The number of nitrogens with one attached hydrogen (secondary N) is 1. The molecule has 0 aliphatic rings. The molecule has 0 bridgehead atoms. The smallest absolute Gasteiger partial charge is 0.103 e. The van der Waals surface area contributed by atoms with E-state index in [9.17, 15) is 0 Å². The van der Waals surface area contributed by atoms with Crippen LogP contribution >= 0.6 is 0 Å². The Morgan fingerprint density at radius 1 is 0.558 bits per heavy atom. The fourth-order valence-electron chi connectivity index (χ4n) is 7.63. The van der Waals surface area contributed by atoms with E-state index in [0.29, 0.717) is 0 Å². The van der Waals surface area contributed by atoms with Crippen LogP contribution in [0.25, 0.3) is 82.8 Å². The van der Waals surface area contributed by atoms with Gasteiger partial charge in [0.05, 0.1) is 16.7 Å². The van der Waals surface area contributed by atoms with Gasteiger partial charge in [-0.05, 0) is 87.2 Å². The van der Waals surface area contributed by atoms with Crippen LogP contribution in [0.3, 0.4) is 0 Å². The Bertz CT molecular complexity index is 2810. The minimum Gasteiger partial charge on any atom is -0.354 e. The van der Waals surface area contributed by atoms with Gasteiger partial charge in [-0.25, -0.2) is 4.68 Å². The molecule has 9 aromatic rings. The Kier molecular flexibility index (Phi) is 7.10. The van der Waals surface area contributed by atoms with Crippen LogP contribution in [0, 0.1) is 0 Å². The first-order valence-electron chi connectivity index (χ1n) is 18.1. The summed E-state index contributed by atoms with van der Waals surface area (Å²) in [5, 5.41) is 15.1. The van der Waals surface area contributed by atoms with Crippen molar-refractivity contribution in [2.45, 2.75) is 52.4 Å². The van der Waals surface area contributed by atoms with Crippen LogP contribution in [0.2, 0.25) is 0 Å². The van der Waals surface area contributed by atoms with E-state index in [1.165, 1.54) is 21.9 Å². The van der Waals surface area contributed by atoms with Gasteiger partial charge in [-0.1, -0.05) is 114 Å². The fourth-order valence-corrected chi connectivity index (χ4v) is 7.63. The van der Waals surface area contributed by atoms with Gasteiger partial charge in [-0.2, -0.15) is 10.2 Å². The lowest BCUT2D eigenvalue weighted by Crippen LogP contribution is -2.11. The normalized spacial score (nSPS) is 12.5. The Balaban J connectivity index is 1.32. The summed E-state index contributed by atoms with van der Waals surface area (Å²) in [5.41, 5.74) is 14.5. The van der Waals surface area contributed by atoms with Crippen LogP contribution in [0.1, 0.15) is 52.7 Å². The van der Waals surface area contributed by atoms with E-state index in [1.54, 1.807) is 0 Å². The number of H-pyrrole nitrogens is 1. The molecule has 1 N–H and O–H groups in total. The van der Waals surface area contributed by atoms with Gasteiger partial charge in [0, 0.05) is 51.4 Å². The molecule has 0 aliphatic carbocycles. The second-order valence-electron chi connectivity index (χ2n) is 16.3. The zero-order chi connectivity index (χ0) is 35.9. The Hall–Kier alpha value is -5.94. The van der Waals surface area contributed by atoms with Gasteiger partial charge < -0.3 is 4.98 Å². The predicted octanol–water partition coefficient (Wildman–Crippen LogP) is 12.1. The first-order chi connectivity index (χ1) is 24.9. The van der Waals surface area contributed by atoms with Crippen molar-refractivity contribution in [3.05, 3.63) is 139 Å². The lowest BCUT2D eigenvalue weighted by atomic mass is 9.83. The molecule has 0 spiro atoms. The maximum absolute atomic E-state index is 5.54. The van der Waals surface area contributed by atoms with E-state index in [1.807, 2.05) is 11.7 Å². The van der Waals surface area contributed by atoms with Gasteiger partial charge >= 0.3 is 0 Å². The minimum atomic E-state index is -0.0576. The number of aryl methyl sites for hydroxylation is 1. The highest BCUT2D eigenvalue weighted by molar-refractivity contribution is 6.14. The third-order valence-electron chi connectivity index (χ3n) is 10.5. The van der Waals surface area contributed by atoms with Gasteiger partial charge in [0.1, 0.15) is 11.2 Å².